The monoisotopic (exact) mass is 447 g/mol. The van der Waals surface area contributed by atoms with E-state index in [1.807, 2.05) is 35.2 Å². The predicted molar refractivity (Wildman–Crippen MR) is 120 cm³/mol. The molecular weight excluding hydrogens is 418 g/mol. The number of carbonyl (C=O) groups excluding carboxylic acids is 1. The first-order valence-electron chi connectivity index (χ1n) is 10.2. The van der Waals surface area contributed by atoms with Crippen LogP contribution in [0.15, 0.2) is 42.5 Å². The van der Waals surface area contributed by atoms with Gasteiger partial charge in [0.25, 0.3) is 5.91 Å². The predicted octanol–water partition coefficient (Wildman–Crippen LogP) is 2.36. The number of carbonyl (C=O) groups is 1. The van der Waals surface area contributed by atoms with Gasteiger partial charge in [0.15, 0.2) is 18.1 Å². The summed E-state index contributed by atoms with van der Waals surface area (Å²) in [5, 5.41) is 3.33. The number of benzene rings is 2. The Labute approximate surface area is 183 Å². The molecule has 1 saturated heterocycles. The molecule has 9 heteroatoms. The van der Waals surface area contributed by atoms with Gasteiger partial charge in [0.05, 0.1) is 13.4 Å². The minimum absolute atomic E-state index is 0.00195. The van der Waals surface area contributed by atoms with Crippen molar-refractivity contribution < 1.29 is 22.7 Å². The molecule has 2 N–H and O–H groups in total. The van der Waals surface area contributed by atoms with E-state index in [0.717, 1.165) is 43.3 Å². The molecule has 1 aliphatic heterocycles. The van der Waals surface area contributed by atoms with Crippen LogP contribution >= 0.6 is 0 Å². The number of likely N-dealkylation sites (tertiary alicyclic amines) is 1. The van der Waals surface area contributed by atoms with Crippen LogP contribution in [0.25, 0.3) is 0 Å². The molecule has 0 aliphatic carbocycles. The van der Waals surface area contributed by atoms with Gasteiger partial charge < -0.3 is 19.7 Å². The molecule has 168 valence electrons. The quantitative estimate of drug-likeness (QED) is 0.580. The van der Waals surface area contributed by atoms with Crippen molar-refractivity contribution in [3.63, 3.8) is 0 Å². The third-order valence-electron chi connectivity index (χ3n) is 4.93. The largest absolute Gasteiger partial charge is 0.493 e. The van der Waals surface area contributed by atoms with E-state index in [1.165, 1.54) is 0 Å². The molecule has 1 aliphatic rings. The molecule has 1 amide bonds. The summed E-state index contributed by atoms with van der Waals surface area (Å²) >= 11 is 0. The molecule has 1 fully saturated rings. The summed E-state index contributed by atoms with van der Waals surface area (Å²) in [6.07, 6.45) is 3.23. The average molecular weight is 448 g/mol. The lowest BCUT2D eigenvalue weighted by Crippen LogP contribution is -2.32. The van der Waals surface area contributed by atoms with Gasteiger partial charge in [0.1, 0.15) is 0 Å². The normalized spacial score (nSPS) is 13.8. The molecule has 3 rings (SSSR count). The molecule has 0 unspecified atom stereocenters. The first-order chi connectivity index (χ1) is 14.8. The molecule has 0 atom stereocenters. The van der Waals surface area contributed by atoms with E-state index in [4.69, 9.17) is 9.47 Å². The number of methoxy groups -OCH3 is 1. The lowest BCUT2D eigenvalue weighted by Gasteiger charge is -2.17. The zero-order chi connectivity index (χ0) is 22.3. The lowest BCUT2D eigenvalue weighted by molar-refractivity contribution is -0.132. The Kier molecular flexibility index (Phi) is 7.75. The zero-order valence-corrected chi connectivity index (χ0v) is 18.7. The molecule has 0 spiro atoms. The Morgan fingerprint density at radius 2 is 1.74 bits per heavy atom. The van der Waals surface area contributed by atoms with Crippen molar-refractivity contribution in [1.82, 2.24) is 10.2 Å². The first kappa shape index (κ1) is 22.9. The number of nitrogens with one attached hydrogen (secondary N) is 2. The number of amides is 1. The van der Waals surface area contributed by atoms with Gasteiger partial charge in [-0.05, 0) is 48.2 Å². The summed E-state index contributed by atoms with van der Waals surface area (Å²) in [6, 6.07) is 12.9. The number of nitrogens with zero attached hydrogens (tertiary/aromatic N) is 1. The van der Waals surface area contributed by atoms with Crippen molar-refractivity contribution in [3.05, 3.63) is 53.6 Å². The first-order valence-corrected chi connectivity index (χ1v) is 12.1. The molecule has 0 aromatic heterocycles. The van der Waals surface area contributed by atoms with Crippen LogP contribution < -0.4 is 19.5 Å². The van der Waals surface area contributed by atoms with E-state index >= 15 is 0 Å². The van der Waals surface area contributed by atoms with Crippen LogP contribution in [0.3, 0.4) is 0 Å². The lowest BCUT2D eigenvalue weighted by atomic mass is 10.1. The Hall–Kier alpha value is -2.78. The van der Waals surface area contributed by atoms with Crippen LogP contribution in [0, 0.1) is 0 Å². The molecule has 2 aromatic carbocycles. The van der Waals surface area contributed by atoms with E-state index in [9.17, 15) is 13.2 Å². The second-order valence-electron chi connectivity index (χ2n) is 7.54. The number of sulfonamides is 1. The van der Waals surface area contributed by atoms with Crippen molar-refractivity contribution in [2.75, 3.05) is 37.8 Å². The van der Waals surface area contributed by atoms with Crippen LogP contribution in [0.2, 0.25) is 0 Å². The molecule has 8 nitrogen and oxygen atoms in total. The van der Waals surface area contributed by atoms with E-state index in [1.54, 1.807) is 19.2 Å². The van der Waals surface area contributed by atoms with Crippen molar-refractivity contribution >= 4 is 21.6 Å². The minimum atomic E-state index is -3.30. The van der Waals surface area contributed by atoms with Crippen LogP contribution in [0.1, 0.15) is 24.0 Å². The summed E-state index contributed by atoms with van der Waals surface area (Å²) < 4.78 is 36.4. The summed E-state index contributed by atoms with van der Waals surface area (Å²) in [4.78, 5) is 14.0. The maximum atomic E-state index is 12.2. The maximum absolute atomic E-state index is 12.2. The van der Waals surface area contributed by atoms with Gasteiger partial charge in [0.2, 0.25) is 10.0 Å². The summed E-state index contributed by atoms with van der Waals surface area (Å²) in [6.45, 7) is 2.78. The number of hydrogen-bond acceptors (Lipinski definition) is 6. The summed E-state index contributed by atoms with van der Waals surface area (Å²) in [5.41, 5.74) is 2.50. The summed E-state index contributed by atoms with van der Waals surface area (Å²) in [5.74, 6) is 1.11. The molecular formula is C22H29N3O5S. The molecule has 31 heavy (non-hydrogen) atoms. The van der Waals surface area contributed by atoms with Crippen molar-refractivity contribution in [1.29, 1.82) is 0 Å². The SMILES string of the molecule is COc1cc(CNCc2cccc(NS(C)(=O)=O)c2)ccc1OCC(=O)N1CCCC1. The van der Waals surface area contributed by atoms with Gasteiger partial charge in [0, 0.05) is 31.9 Å². The fourth-order valence-corrected chi connectivity index (χ4v) is 4.00. The van der Waals surface area contributed by atoms with Crippen LogP contribution in [-0.2, 0) is 27.9 Å². The van der Waals surface area contributed by atoms with Gasteiger partial charge >= 0.3 is 0 Å². The maximum Gasteiger partial charge on any atom is 0.260 e. The van der Waals surface area contributed by atoms with Gasteiger partial charge in [-0.3, -0.25) is 9.52 Å². The smallest absolute Gasteiger partial charge is 0.260 e. The van der Waals surface area contributed by atoms with E-state index in [0.29, 0.717) is 30.3 Å². The second-order valence-corrected chi connectivity index (χ2v) is 9.29. The number of anilines is 1. The fourth-order valence-electron chi connectivity index (χ4n) is 3.45. The Morgan fingerprint density at radius 1 is 1.03 bits per heavy atom. The molecule has 0 saturated carbocycles. The van der Waals surface area contributed by atoms with Gasteiger partial charge in [-0.1, -0.05) is 18.2 Å². The van der Waals surface area contributed by atoms with E-state index in [2.05, 4.69) is 10.0 Å². The summed E-state index contributed by atoms with van der Waals surface area (Å²) in [7, 11) is -1.73. The highest BCUT2D eigenvalue weighted by molar-refractivity contribution is 7.92. The van der Waals surface area contributed by atoms with Gasteiger partial charge in [-0.15, -0.1) is 0 Å². The van der Waals surface area contributed by atoms with Crippen LogP contribution in [0.5, 0.6) is 11.5 Å². The Balaban J connectivity index is 1.53. The fraction of sp³-hybridized carbons (Fsp3) is 0.409. The van der Waals surface area contributed by atoms with Crippen molar-refractivity contribution in [3.8, 4) is 11.5 Å². The van der Waals surface area contributed by atoms with Crippen LogP contribution in [0.4, 0.5) is 5.69 Å². The Bertz CT molecular complexity index is 1000. The molecule has 1 heterocycles. The number of rotatable bonds is 10. The van der Waals surface area contributed by atoms with Gasteiger partial charge in [-0.25, -0.2) is 8.42 Å². The Morgan fingerprint density at radius 3 is 2.42 bits per heavy atom. The van der Waals surface area contributed by atoms with Gasteiger partial charge in [-0.2, -0.15) is 0 Å². The minimum Gasteiger partial charge on any atom is -0.493 e. The second kappa shape index (κ2) is 10.5. The number of hydrogen-bond donors (Lipinski definition) is 2. The molecule has 2 aromatic rings. The number of ether oxygens (including phenoxy) is 2. The van der Waals surface area contributed by atoms with Crippen molar-refractivity contribution in [2.45, 2.75) is 25.9 Å². The van der Waals surface area contributed by atoms with Crippen molar-refractivity contribution in [2.24, 2.45) is 0 Å². The highest BCUT2D eigenvalue weighted by Crippen LogP contribution is 2.28. The molecule has 0 bridgehead atoms. The highest BCUT2D eigenvalue weighted by atomic mass is 32.2. The third-order valence-corrected chi connectivity index (χ3v) is 5.53. The topological polar surface area (TPSA) is 97.0 Å². The van der Waals surface area contributed by atoms with E-state index in [-0.39, 0.29) is 12.5 Å². The third kappa shape index (κ3) is 7.15. The highest BCUT2D eigenvalue weighted by Gasteiger charge is 2.18. The zero-order valence-electron chi connectivity index (χ0n) is 17.9. The standard InChI is InChI=1S/C22H29N3O5S/c1-29-21-13-18(8-9-20(21)30-16-22(26)25-10-3-4-11-25)15-23-14-17-6-5-7-19(12-17)24-31(2,27)28/h5-9,12-13,23-24H,3-4,10-11,14-16H2,1-2H3. The average Bonchev–Trinajstić information content (AvgIpc) is 3.26. The van der Waals surface area contributed by atoms with Crippen LogP contribution in [-0.4, -0.2) is 52.3 Å². The van der Waals surface area contributed by atoms with E-state index < -0.39 is 10.0 Å². The molecule has 0 radical (unpaired) electrons.